The van der Waals surface area contributed by atoms with E-state index in [9.17, 15) is 4.79 Å². The largest absolute Gasteiger partial charge is 0.441 e. The first-order valence-electron chi connectivity index (χ1n) is 9.34. The van der Waals surface area contributed by atoms with Crippen LogP contribution < -0.4 is 5.32 Å². The number of nitrogens with one attached hydrogen (secondary N) is 1. The summed E-state index contributed by atoms with van der Waals surface area (Å²) in [7, 11) is 0. The van der Waals surface area contributed by atoms with Gasteiger partial charge < -0.3 is 9.73 Å². The molecule has 28 heavy (non-hydrogen) atoms. The molecule has 1 saturated carbocycles. The summed E-state index contributed by atoms with van der Waals surface area (Å²) < 4.78 is 5.77. The molecule has 0 saturated heterocycles. The van der Waals surface area contributed by atoms with Crippen molar-refractivity contribution in [3.05, 3.63) is 76.2 Å². The van der Waals surface area contributed by atoms with Gasteiger partial charge in [0.15, 0.2) is 11.7 Å². The normalized spacial score (nSPS) is 14.6. The maximum atomic E-state index is 12.5. The number of oxazole rings is 1. The molecule has 3 aromatic rings. The Morgan fingerprint density at radius 2 is 1.96 bits per heavy atom. The fourth-order valence-electron chi connectivity index (χ4n) is 3.27. The van der Waals surface area contributed by atoms with E-state index in [1.807, 2.05) is 18.2 Å². The van der Waals surface area contributed by atoms with Crippen LogP contribution in [0.5, 0.6) is 0 Å². The minimum atomic E-state index is 0.00466. The quantitative estimate of drug-likeness (QED) is 0.527. The van der Waals surface area contributed by atoms with Crippen molar-refractivity contribution in [1.29, 1.82) is 0 Å². The molecule has 1 N–H and O–H groups in total. The van der Waals surface area contributed by atoms with Crippen LogP contribution in [0.2, 0.25) is 10.0 Å². The first-order chi connectivity index (χ1) is 13.6. The van der Waals surface area contributed by atoms with Crippen molar-refractivity contribution in [2.45, 2.75) is 31.7 Å². The molecular weight excluding hydrogens is 395 g/mol. The maximum absolute atomic E-state index is 12.5. The van der Waals surface area contributed by atoms with E-state index in [1.165, 1.54) is 0 Å². The molecule has 0 bridgehead atoms. The third kappa shape index (κ3) is 4.57. The Morgan fingerprint density at radius 3 is 2.68 bits per heavy atom. The van der Waals surface area contributed by atoms with E-state index in [1.54, 1.807) is 24.4 Å². The lowest BCUT2D eigenvalue weighted by Crippen LogP contribution is -2.30. The second-order valence-corrected chi connectivity index (χ2v) is 7.88. The molecular formula is C22H20Cl2N2O2. The summed E-state index contributed by atoms with van der Waals surface area (Å²) in [6.45, 7) is 0. The van der Waals surface area contributed by atoms with E-state index >= 15 is 0 Å². The van der Waals surface area contributed by atoms with Gasteiger partial charge in [-0.1, -0.05) is 53.5 Å². The summed E-state index contributed by atoms with van der Waals surface area (Å²) in [5, 5.41) is 4.24. The molecule has 4 rings (SSSR count). The number of carbonyl (C=O) groups is 1. The molecule has 4 nitrogen and oxygen atoms in total. The molecule has 0 spiro atoms. The zero-order valence-electron chi connectivity index (χ0n) is 15.2. The first-order valence-corrected chi connectivity index (χ1v) is 10.1. The minimum Gasteiger partial charge on any atom is -0.441 e. The van der Waals surface area contributed by atoms with Crippen LogP contribution in [-0.4, -0.2) is 10.9 Å². The zero-order chi connectivity index (χ0) is 19.5. The molecule has 2 aromatic carbocycles. The van der Waals surface area contributed by atoms with Crippen LogP contribution in [-0.2, 0) is 11.2 Å². The lowest BCUT2D eigenvalue weighted by Gasteiger charge is -2.18. The summed E-state index contributed by atoms with van der Waals surface area (Å²) in [6.07, 6.45) is 4.70. The average molecular weight is 415 g/mol. The Labute approximate surface area is 173 Å². The number of halogens is 2. The highest BCUT2D eigenvalue weighted by atomic mass is 35.5. The molecule has 0 aliphatic heterocycles. The number of aromatic nitrogens is 1. The van der Waals surface area contributed by atoms with Crippen LogP contribution in [0.1, 0.15) is 36.8 Å². The summed E-state index contributed by atoms with van der Waals surface area (Å²) in [6, 6.07) is 15.4. The third-order valence-corrected chi connectivity index (χ3v) is 5.43. The van der Waals surface area contributed by atoms with Gasteiger partial charge in [0.2, 0.25) is 5.91 Å². The Kier molecular flexibility index (Phi) is 5.69. The summed E-state index contributed by atoms with van der Waals surface area (Å²) in [5.41, 5.74) is 1.89. The lowest BCUT2D eigenvalue weighted by atomic mass is 10.0. The van der Waals surface area contributed by atoms with Gasteiger partial charge in [0.05, 0.1) is 17.3 Å². The van der Waals surface area contributed by atoms with Gasteiger partial charge in [-0.3, -0.25) is 4.79 Å². The van der Waals surface area contributed by atoms with E-state index in [0.717, 1.165) is 24.0 Å². The molecule has 6 heteroatoms. The van der Waals surface area contributed by atoms with E-state index in [4.69, 9.17) is 27.6 Å². The van der Waals surface area contributed by atoms with E-state index in [2.05, 4.69) is 22.4 Å². The van der Waals surface area contributed by atoms with Crippen molar-refractivity contribution in [2.75, 3.05) is 0 Å². The number of benzene rings is 2. The molecule has 1 unspecified atom stereocenters. The first kappa shape index (κ1) is 19.0. The van der Waals surface area contributed by atoms with E-state index in [-0.39, 0.29) is 11.9 Å². The van der Waals surface area contributed by atoms with Crippen LogP contribution >= 0.6 is 23.2 Å². The van der Waals surface area contributed by atoms with E-state index in [0.29, 0.717) is 40.5 Å². The second kappa shape index (κ2) is 8.38. The van der Waals surface area contributed by atoms with Gasteiger partial charge in [0.1, 0.15) is 0 Å². The van der Waals surface area contributed by atoms with Crippen molar-refractivity contribution in [3.63, 3.8) is 0 Å². The highest BCUT2D eigenvalue weighted by molar-refractivity contribution is 6.36. The number of rotatable bonds is 7. The maximum Gasteiger partial charge on any atom is 0.221 e. The lowest BCUT2D eigenvalue weighted by molar-refractivity contribution is -0.122. The predicted molar refractivity (Wildman–Crippen MR) is 110 cm³/mol. The van der Waals surface area contributed by atoms with Crippen LogP contribution in [0, 0.1) is 5.92 Å². The van der Waals surface area contributed by atoms with Crippen molar-refractivity contribution in [3.8, 4) is 11.3 Å². The highest BCUT2D eigenvalue weighted by Crippen LogP contribution is 2.41. The number of hydrogen-bond donors (Lipinski definition) is 1. The van der Waals surface area contributed by atoms with Crippen molar-refractivity contribution >= 4 is 29.1 Å². The van der Waals surface area contributed by atoms with Crippen molar-refractivity contribution < 1.29 is 9.21 Å². The van der Waals surface area contributed by atoms with Crippen LogP contribution in [0.4, 0.5) is 0 Å². The molecule has 1 fully saturated rings. The van der Waals surface area contributed by atoms with Crippen LogP contribution in [0.3, 0.4) is 0 Å². The van der Waals surface area contributed by atoms with Crippen molar-refractivity contribution in [1.82, 2.24) is 10.3 Å². The van der Waals surface area contributed by atoms with E-state index < -0.39 is 0 Å². The minimum absolute atomic E-state index is 0.00466. The summed E-state index contributed by atoms with van der Waals surface area (Å²) in [5.74, 6) is 1.62. The second-order valence-electron chi connectivity index (χ2n) is 7.04. The molecule has 1 atom stereocenters. The number of nitrogens with zero attached hydrogens (tertiary/aromatic N) is 1. The van der Waals surface area contributed by atoms with Crippen LogP contribution in [0.15, 0.2) is 59.1 Å². The van der Waals surface area contributed by atoms with Crippen molar-refractivity contribution in [2.24, 2.45) is 5.92 Å². The average Bonchev–Trinajstić information content (AvgIpc) is 3.43. The smallest absolute Gasteiger partial charge is 0.221 e. The molecule has 0 radical (unpaired) electrons. The van der Waals surface area contributed by atoms with Gasteiger partial charge in [-0.15, -0.1) is 0 Å². The third-order valence-electron chi connectivity index (χ3n) is 4.88. The predicted octanol–water partition coefficient (Wildman–Crippen LogP) is 5.85. The van der Waals surface area contributed by atoms with Gasteiger partial charge in [-0.25, -0.2) is 4.98 Å². The van der Waals surface area contributed by atoms with Gasteiger partial charge >= 0.3 is 0 Å². The molecule has 1 aliphatic carbocycles. The molecule has 144 valence electrons. The van der Waals surface area contributed by atoms with Gasteiger partial charge in [0, 0.05) is 23.4 Å². The number of hydrogen-bond acceptors (Lipinski definition) is 3. The Balaban J connectivity index is 1.37. The van der Waals surface area contributed by atoms with Gasteiger partial charge in [-0.2, -0.15) is 0 Å². The summed E-state index contributed by atoms with van der Waals surface area (Å²) >= 11 is 12.1. The Morgan fingerprint density at radius 1 is 1.18 bits per heavy atom. The SMILES string of the molecule is O=C(CCc1ncc(-c2ccc(Cl)cc2Cl)o1)NC(c1ccccc1)C1CC1. The Bertz CT molecular complexity index is 968. The summed E-state index contributed by atoms with van der Waals surface area (Å²) in [4.78, 5) is 16.8. The standard InChI is InChI=1S/C22H20Cl2N2O2/c23-16-8-9-17(18(24)12-16)19-13-25-21(28-19)11-10-20(27)26-22(15-6-7-15)14-4-2-1-3-5-14/h1-5,8-9,12-13,15,22H,6-7,10-11H2,(H,26,27). The topological polar surface area (TPSA) is 55.1 Å². The fraction of sp³-hybridized carbons (Fsp3) is 0.273. The zero-order valence-corrected chi connectivity index (χ0v) is 16.7. The Hall–Kier alpha value is -2.30. The molecule has 1 amide bonds. The number of aryl methyl sites for hydroxylation is 1. The molecule has 1 aromatic heterocycles. The fourth-order valence-corrected chi connectivity index (χ4v) is 3.77. The molecule has 1 aliphatic rings. The highest BCUT2D eigenvalue weighted by Gasteiger charge is 2.33. The van der Waals surface area contributed by atoms with Gasteiger partial charge in [0.25, 0.3) is 0 Å². The molecule has 1 heterocycles. The van der Waals surface area contributed by atoms with Gasteiger partial charge in [-0.05, 0) is 42.5 Å². The monoisotopic (exact) mass is 414 g/mol. The number of amides is 1. The van der Waals surface area contributed by atoms with Crippen LogP contribution in [0.25, 0.3) is 11.3 Å². The number of carbonyl (C=O) groups excluding carboxylic acids is 1.